The molecule has 0 saturated carbocycles. The molecule has 0 atom stereocenters. The molecule has 0 aliphatic heterocycles. The molecule has 0 unspecified atom stereocenters. The average molecular weight is 304 g/mol. The van der Waals surface area contributed by atoms with E-state index in [0.717, 1.165) is 0 Å². The van der Waals surface area contributed by atoms with Gasteiger partial charge in [-0.05, 0) is 25.1 Å². The first-order valence-corrected chi connectivity index (χ1v) is 6.77. The first-order valence-electron chi connectivity index (χ1n) is 6.77. The van der Waals surface area contributed by atoms with Crippen LogP contribution in [-0.2, 0) is 14.3 Å². The number of hydrogen-bond donors (Lipinski definition) is 2. The van der Waals surface area contributed by atoms with E-state index in [9.17, 15) is 14.4 Å². The highest BCUT2D eigenvalue weighted by molar-refractivity contribution is 5.88. The Morgan fingerprint density at radius 1 is 1.23 bits per heavy atom. The predicted octanol–water partition coefficient (Wildman–Crippen LogP) is 0.586. The van der Waals surface area contributed by atoms with Gasteiger partial charge in [-0.3, -0.25) is 14.4 Å². The Balaban J connectivity index is 1.97. The van der Waals surface area contributed by atoms with Crippen molar-refractivity contribution >= 4 is 22.6 Å². The van der Waals surface area contributed by atoms with E-state index in [4.69, 9.17) is 9.47 Å². The number of ether oxygens (including phenoxy) is 2. The van der Waals surface area contributed by atoms with E-state index in [-0.39, 0.29) is 25.3 Å². The van der Waals surface area contributed by atoms with Crippen LogP contribution in [0.4, 0.5) is 0 Å². The van der Waals surface area contributed by atoms with E-state index in [0.29, 0.717) is 16.5 Å². The number of rotatable bonds is 6. The third-order valence-electron chi connectivity index (χ3n) is 2.87. The zero-order valence-corrected chi connectivity index (χ0v) is 12.0. The molecule has 0 bridgehead atoms. The first kappa shape index (κ1) is 15.6. The van der Waals surface area contributed by atoms with E-state index in [1.807, 2.05) is 0 Å². The van der Waals surface area contributed by atoms with Crippen molar-refractivity contribution < 1.29 is 19.1 Å². The van der Waals surface area contributed by atoms with Crippen molar-refractivity contribution in [1.82, 2.24) is 10.3 Å². The Hall–Kier alpha value is -2.83. The molecule has 22 heavy (non-hydrogen) atoms. The van der Waals surface area contributed by atoms with Crippen molar-refractivity contribution in [2.24, 2.45) is 0 Å². The number of nitrogens with one attached hydrogen (secondary N) is 2. The van der Waals surface area contributed by atoms with E-state index >= 15 is 0 Å². The first-order chi connectivity index (χ1) is 10.6. The fourth-order valence-electron chi connectivity index (χ4n) is 1.90. The number of esters is 1. The van der Waals surface area contributed by atoms with Crippen LogP contribution in [0.1, 0.15) is 6.92 Å². The molecule has 0 aliphatic carbocycles. The van der Waals surface area contributed by atoms with Gasteiger partial charge in [-0.25, -0.2) is 0 Å². The molecule has 7 heteroatoms. The second-order valence-electron chi connectivity index (χ2n) is 4.39. The third-order valence-corrected chi connectivity index (χ3v) is 2.87. The molecule has 0 saturated heterocycles. The van der Waals surface area contributed by atoms with E-state index in [2.05, 4.69) is 10.3 Å². The number of fused-ring (bicyclic) bond motifs is 1. The van der Waals surface area contributed by atoms with E-state index in [1.165, 1.54) is 6.20 Å². The third kappa shape index (κ3) is 3.85. The summed E-state index contributed by atoms with van der Waals surface area (Å²) in [7, 11) is 0. The molecule has 1 heterocycles. The van der Waals surface area contributed by atoms with Crippen molar-refractivity contribution in [1.29, 1.82) is 0 Å². The lowest BCUT2D eigenvalue weighted by atomic mass is 10.1. The van der Waals surface area contributed by atoms with Gasteiger partial charge in [-0.15, -0.1) is 0 Å². The number of pyridine rings is 1. The second-order valence-corrected chi connectivity index (χ2v) is 4.39. The minimum absolute atomic E-state index is 0.203. The molecule has 0 aliphatic rings. The van der Waals surface area contributed by atoms with Gasteiger partial charge in [0, 0.05) is 11.6 Å². The maximum atomic E-state index is 11.7. The molecule has 0 fully saturated rings. The molecular formula is C15H16N2O5. The van der Waals surface area contributed by atoms with Crippen LogP contribution in [0.25, 0.3) is 10.8 Å². The number of amides is 1. The summed E-state index contributed by atoms with van der Waals surface area (Å²) in [5.41, 5.74) is -0.227. The van der Waals surface area contributed by atoms with Gasteiger partial charge in [0.05, 0.1) is 12.0 Å². The summed E-state index contributed by atoms with van der Waals surface area (Å²) >= 11 is 0. The Bertz CT molecular complexity index is 738. The lowest BCUT2D eigenvalue weighted by Gasteiger charge is -2.09. The van der Waals surface area contributed by atoms with Gasteiger partial charge in [0.1, 0.15) is 12.3 Å². The summed E-state index contributed by atoms with van der Waals surface area (Å²) in [5, 5.41) is 3.48. The van der Waals surface area contributed by atoms with Gasteiger partial charge in [-0.1, -0.05) is 6.07 Å². The van der Waals surface area contributed by atoms with Crippen molar-refractivity contribution in [3.8, 4) is 5.75 Å². The fourth-order valence-corrected chi connectivity index (χ4v) is 1.90. The Labute approximate surface area is 126 Å². The molecule has 2 rings (SSSR count). The SMILES string of the molecule is CCOC(=O)CNC(=O)COc1cccc2c(=O)[nH]ccc12. The van der Waals surface area contributed by atoms with Crippen molar-refractivity contribution in [2.45, 2.75) is 6.92 Å². The van der Waals surface area contributed by atoms with E-state index in [1.54, 1.807) is 31.2 Å². The normalized spacial score (nSPS) is 10.2. The second kappa shape index (κ2) is 7.26. The van der Waals surface area contributed by atoms with Gasteiger partial charge in [0.15, 0.2) is 6.61 Å². The van der Waals surface area contributed by atoms with Crippen LogP contribution in [0.15, 0.2) is 35.3 Å². The van der Waals surface area contributed by atoms with Crippen molar-refractivity contribution in [2.75, 3.05) is 19.8 Å². The van der Waals surface area contributed by atoms with Crippen LogP contribution in [0.2, 0.25) is 0 Å². The lowest BCUT2D eigenvalue weighted by Crippen LogP contribution is -2.34. The molecule has 1 aromatic carbocycles. The van der Waals surface area contributed by atoms with Gasteiger partial charge in [-0.2, -0.15) is 0 Å². The fraction of sp³-hybridized carbons (Fsp3) is 0.267. The predicted molar refractivity (Wildman–Crippen MR) is 79.7 cm³/mol. The number of benzene rings is 1. The molecule has 7 nitrogen and oxygen atoms in total. The smallest absolute Gasteiger partial charge is 0.325 e. The monoisotopic (exact) mass is 304 g/mol. The summed E-state index contributed by atoms with van der Waals surface area (Å²) < 4.78 is 10.1. The minimum Gasteiger partial charge on any atom is -0.483 e. The van der Waals surface area contributed by atoms with E-state index < -0.39 is 11.9 Å². The van der Waals surface area contributed by atoms with Crippen LogP contribution < -0.4 is 15.6 Å². The number of aromatic amines is 1. The highest BCUT2D eigenvalue weighted by Gasteiger charge is 2.09. The minimum atomic E-state index is -0.507. The zero-order valence-electron chi connectivity index (χ0n) is 12.0. The molecule has 0 spiro atoms. The largest absolute Gasteiger partial charge is 0.483 e. The quantitative estimate of drug-likeness (QED) is 0.761. The molecule has 2 aromatic rings. The highest BCUT2D eigenvalue weighted by Crippen LogP contribution is 2.22. The standard InChI is InChI=1S/C15H16N2O5/c1-2-21-14(19)8-17-13(18)9-22-12-5-3-4-11-10(12)6-7-16-15(11)20/h3-7H,2,8-9H2,1H3,(H,16,20)(H,17,18). The molecule has 2 N–H and O–H groups in total. The molecule has 0 radical (unpaired) electrons. The zero-order chi connectivity index (χ0) is 15.9. The number of carbonyl (C=O) groups is 2. The van der Waals surface area contributed by atoms with Crippen LogP contribution in [0.3, 0.4) is 0 Å². The summed E-state index contributed by atoms with van der Waals surface area (Å²) in [5.74, 6) is -0.530. The van der Waals surface area contributed by atoms with Crippen LogP contribution in [0, 0.1) is 0 Å². The topological polar surface area (TPSA) is 97.5 Å². The Morgan fingerprint density at radius 3 is 2.82 bits per heavy atom. The van der Waals surface area contributed by atoms with Crippen LogP contribution in [0.5, 0.6) is 5.75 Å². The van der Waals surface area contributed by atoms with Gasteiger partial charge in [0.2, 0.25) is 0 Å². The molecular weight excluding hydrogens is 288 g/mol. The van der Waals surface area contributed by atoms with Crippen LogP contribution in [-0.4, -0.2) is 36.6 Å². The summed E-state index contributed by atoms with van der Waals surface area (Å²) in [6.07, 6.45) is 1.51. The number of aromatic nitrogens is 1. The molecule has 116 valence electrons. The van der Waals surface area contributed by atoms with Gasteiger partial charge >= 0.3 is 5.97 Å². The summed E-state index contributed by atoms with van der Waals surface area (Å²) in [6.45, 7) is 1.48. The maximum Gasteiger partial charge on any atom is 0.325 e. The number of H-pyrrole nitrogens is 1. The summed E-state index contributed by atoms with van der Waals surface area (Å²) in [6, 6.07) is 6.70. The van der Waals surface area contributed by atoms with Gasteiger partial charge < -0.3 is 19.8 Å². The van der Waals surface area contributed by atoms with Crippen LogP contribution >= 0.6 is 0 Å². The number of carbonyl (C=O) groups excluding carboxylic acids is 2. The van der Waals surface area contributed by atoms with Gasteiger partial charge in [0.25, 0.3) is 11.5 Å². The highest BCUT2D eigenvalue weighted by atomic mass is 16.5. The maximum absolute atomic E-state index is 11.7. The Kier molecular flexibility index (Phi) is 5.13. The summed E-state index contributed by atoms with van der Waals surface area (Å²) in [4.78, 5) is 37.0. The lowest BCUT2D eigenvalue weighted by molar-refractivity contribution is -0.143. The van der Waals surface area contributed by atoms with Crippen molar-refractivity contribution in [3.63, 3.8) is 0 Å². The molecule has 1 amide bonds. The number of hydrogen-bond acceptors (Lipinski definition) is 5. The average Bonchev–Trinajstić information content (AvgIpc) is 2.52. The van der Waals surface area contributed by atoms with Crippen molar-refractivity contribution in [3.05, 3.63) is 40.8 Å². The molecule has 1 aromatic heterocycles. The Morgan fingerprint density at radius 2 is 2.05 bits per heavy atom.